The predicted octanol–water partition coefficient (Wildman–Crippen LogP) is 0.652. The van der Waals surface area contributed by atoms with Crippen molar-refractivity contribution >= 4 is 35.0 Å². The second kappa shape index (κ2) is 4.67. The van der Waals surface area contributed by atoms with Crippen molar-refractivity contribution in [2.75, 3.05) is 29.6 Å². The maximum atomic E-state index is 11.3. The molecule has 2 amide bonds. The summed E-state index contributed by atoms with van der Waals surface area (Å²) in [7, 11) is 1.78. The number of carbonyl (C=O) groups excluding carboxylic acids is 2. The van der Waals surface area contributed by atoms with Crippen LogP contribution in [0.5, 0.6) is 0 Å². The van der Waals surface area contributed by atoms with E-state index < -0.39 is 0 Å². The molecular weight excluding hydrogens is 238 g/mol. The summed E-state index contributed by atoms with van der Waals surface area (Å²) in [6.07, 6.45) is 0. The Morgan fingerprint density at radius 3 is 3.06 bits per heavy atom. The van der Waals surface area contributed by atoms with Gasteiger partial charge in [0.1, 0.15) is 0 Å². The Hall–Kier alpha value is -1.69. The number of amides is 2. The van der Waals surface area contributed by atoms with Crippen molar-refractivity contribution in [3.63, 3.8) is 0 Å². The van der Waals surface area contributed by atoms with Gasteiger partial charge in [-0.25, -0.2) is 0 Å². The van der Waals surface area contributed by atoms with Crippen LogP contribution in [0.3, 0.4) is 0 Å². The summed E-state index contributed by atoms with van der Waals surface area (Å²) in [4.78, 5) is 24.9. The Kier molecular flexibility index (Phi) is 3.23. The number of nitrogens with one attached hydrogen (secondary N) is 1. The van der Waals surface area contributed by atoms with Gasteiger partial charge in [0, 0.05) is 17.6 Å². The maximum absolute atomic E-state index is 11.3. The summed E-state index contributed by atoms with van der Waals surface area (Å²) in [6, 6.07) is 5.70. The second-order valence-electron chi connectivity index (χ2n) is 3.84. The van der Waals surface area contributed by atoms with Gasteiger partial charge in [-0.3, -0.25) is 9.59 Å². The number of nitrogens with zero attached hydrogens (tertiary/aromatic N) is 1. The number of thioether (sulfide) groups is 1. The molecule has 0 saturated heterocycles. The van der Waals surface area contributed by atoms with Gasteiger partial charge in [0.05, 0.1) is 18.0 Å². The second-order valence-corrected chi connectivity index (χ2v) is 4.86. The molecule has 0 unspecified atom stereocenters. The van der Waals surface area contributed by atoms with E-state index in [-0.39, 0.29) is 18.4 Å². The normalized spacial score (nSPS) is 13.8. The highest BCUT2D eigenvalue weighted by Crippen LogP contribution is 2.34. The van der Waals surface area contributed by atoms with Gasteiger partial charge in [0.15, 0.2) is 0 Å². The number of hydrogen-bond donors (Lipinski definition) is 2. The molecule has 1 aromatic rings. The van der Waals surface area contributed by atoms with Crippen LogP contribution in [0.4, 0.5) is 11.4 Å². The van der Waals surface area contributed by atoms with Crippen molar-refractivity contribution in [1.29, 1.82) is 0 Å². The summed E-state index contributed by atoms with van der Waals surface area (Å²) in [5.74, 6) is 0.0598. The van der Waals surface area contributed by atoms with E-state index in [4.69, 9.17) is 5.73 Å². The van der Waals surface area contributed by atoms with Gasteiger partial charge >= 0.3 is 0 Å². The number of primary amides is 1. The van der Waals surface area contributed by atoms with Crippen LogP contribution >= 0.6 is 11.8 Å². The first kappa shape index (κ1) is 11.8. The fraction of sp³-hybridized carbons (Fsp3) is 0.273. The fourth-order valence-electron chi connectivity index (χ4n) is 1.63. The number of benzene rings is 1. The molecule has 6 heteroatoms. The molecule has 0 radical (unpaired) electrons. The topological polar surface area (TPSA) is 75.4 Å². The number of rotatable bonds is 3. The zero-order valence-corrected chi connectivity index (χ0v) is 10.2. The van der Waals surface area contributed by atoms with E-state index in [2.05, 4.69) is 5.32 Å². The van der Waals surface area contributed by atoms with Gasteiger partial charge in [0.2, 0.25) is 11.8 Å². The average molecular weight is 251 g/mol. The Bertz CT molecular complexity index is 476. The van der Waals surface area contributed by atoms with Crippen molar-refractivity contribution in [3.05, 3.63) is 18.2 Å². The van der Waals surface area contributed by atoms with E-state index in [0.717, 1.165) is 16.3 Å². The van der Waals surface area contributed by atoms with Crippen LogP contribution in [0.2, 0.25) is 0 Å². The van der Waals surface area contributed by atoms with E-state index in [9.17, 15) is 9.59 Å². The van der Waals surface area contributed by atoms with Crippen molar-refractivity contribution in [1.82, 2.24) is 0 Å². The largest absolute Gasteiger partial charge is 0.368 e. The zero-order valence-electron chi connectivity index (χ0n) is 9.40. The third-order valence-corrected chi connectivity index (χ3v) is 3.50. The molecule has 5 nitrogen and oxygen atoms in total. The number of carbonyl (C=O) groups is 2. The van der Waals surface area contributed by atoms with Gasteiger partial charge in [-0.05, 0) is 18.2 Å². The molecule has 1 aliphatic rings. The third kappa shape index (κ3) is 2.71. The lowest BCUT2D eigenvalue weighted by molar-refractivity contribution is -0.116. The first-order chi connectivity index (χ1) is 8.06. The molecule has 0 saturated carbocycles. The summed E-state index contributed by atoms with van der Waals surface area (Å²) in [5.41, 5.74) is 6.78. The number of anilines is 2. The van der Waals surface area contributed by atoms with Crippen LogP contribution in [-0.4, -0.2) is 31.2 Å². The number of fused-ring (bicyclic) bond motifs is 1. The number of likely N-dealkylation sites (N-methyl/N-ethyl adjacent to an activating group) is 1. The lowest BCUT2D eigenvalue weighted by Gasteiger charge is -2.21. The van der Waals surface area contributed by atoms with Crippen molar-refractivity contribution in [3.8, 4) is 0 Å². The van der Waals surface area contributed by atoms with Crippen LogP contribution in [0.1, 0.15) is 0 Å². The molecule has 90 valence electrons. The Balaban J connectivity index is 2.23. The molecule has 1 aliphatic heterocycles. The summed E-state index contributed by atoms with van der Waals surface area (Å²) >= 11 is 1.51. The van der Waals surface area contributed by atoms with Crippen LogP contribution in [0.25, 0.3) is 0 Å². The Labute approximate surface area is 103 Å². The van der Waals surface area contributed by atoms with Gasteiger partial charge in [-0.1, -0.05) is 0 Å². The minimum absolute atomic E-state index is 0.00259. The minimum atomic E-state index is -0.386. The van der Waals surface area contributed by atoms with Crippen molar-refractivity contribution in [2.24, 2.45) is 5.73 Å². The molecule has 17 heavy (non-hydrogen) atoms. The van der Waals surface area contributed by atoms with E-state index in [1.54, 1.807) is 11.9 Å². The zero-order chi connectivity index (χ0) is 12.4. The monoisotopic (exact) mass is 251 g/mol. The van der Waals surface area contributed by atoms with Crippen LogP contribution in [0, 0.1) is 0 Å². The van der Waals surface area contributed by atoms with Gasteiger partial charge in [-0.2, -0.15) is 0 Å². The highest BCUT2D eigenvalue weighted by atomic mass is 32.2. The number of hydrogen-bond acceptors (Lipinski definition) is 4. The summed E-state index contributed by atoms with van der Waals surface area (Å²) in [6.45, 7) is 0.153. The number of nitrogens with two attached hydrogens (primary N) is 1. The highest BCUT2D eigenvalue weighted by molar-refractivity contribution is 8.00. The van der Waals surface area contributed by atoms with Crippen LogP contribution in [0.15, 0.2) is 23.1 Å². The molecule has 0 spiro atoms. The van der Waals surface area contributed by atoms with Crippen LogP contribution < -0.4 is 16.0 Å². The fourth-order valence-corrected chi connectivity index (χ4v) is 2.42. The summed E-state index contributed by atoms with van der Waals surface area (Å²) < 4.78 is 0. The molecule has 1 heterocycles. The first-order valence-electron chi connectivity index (χ1n) is 5.12. The van der Waals surface area contributed by atoms with Crippen molar-refractivity contribution in [2.45, 2.75) is 4.90 Å². The Morgan fingerprint density at radius 2 is 2.35 bits per heavy atom. The molecule has 0 fully saturated rings. The quantitative estimate of drug-likeness (QED) is 0.827. The maximum Gasteiger partial charge on any atom is 0.236 e. The summed E-state index contributed by atoms with van der Waals surface area (Å²) in [5, 5.41) is 2.81. The van der Waals surface area contributed by atoms with Gasteiger partial charge in [-0.15, -0.1) is 11.8 Å². The molecule has 0 bridgehead atoms. The SMILES string of the molecule is CN(CC(N)=O)c1ccc2c(c1)NC(=O)CS2. The van der Waals surface area contributed by atoms with E-state index in [1.165, 1.54) is 11.8 Å². The molecule has 0 atom stereocenters. The smallest absolute Gasteiger partial charge is 0.236 e. The minimum Gasteiger partial charge on any atom is -0.368 e. The van der Waals surface area contributed by atoms with E-state index in [1.807, 2.05) is 18.2 Å². The highest BCUT2D eigenvalue weighted by Gasteiger charge is 2.16. The molecule has 0 aliphatic carbocycles. The standard InChI is InChI=1S/C11H13N3O2S/c1-14(5-10(12)15)7-2-3-9-8(4-7)13-11(16)6-17-9/h2-4H,5-6H2,1H3,(H2,12,15)(H,13,16). The van der Waals surface area contributed by atoms with E-state index >= 15 is 0 Å². The predicted molar refractivity (Wildman–Crippen MR) is 68.3 cm³/mol. The van der Waals surface area contributed by atoms with Crippen molar-refractivity contribution < 1.29 is 9.59 Å². The average Bonchev–Trinajstić information content (AvgIpc) is 2.27. The molecule has 1 aromatic carbocycles. The van der Waals surface area contributed by atoms with E-state index in [0.29, 0.717) is 5.75 Å². The molecule has 0 aromatic heterocycles. The van der Waals surface area contributed by atoms with Gasteiger partial charge in [0.25, 0.3) is 0 Å². The first-order valence-corrected chi connectivity index (χ1v) is 6.11. The molecule has 2 rings (SSSR count). The molecule has 3 N–H and O–H groups in total. The van der Waals surface area contributed by atoms with Crippen LogP contribution in [-0.2, 0) is 9.59 Å². The lowest BCUT2D eigenvalue weighted by Crippen LogP contribution is -2.30. The van der Waals surface area contributed by atoms with Gasteiger partial charge < -0.3 is 16.0 Å². The Morgan fingerprint density at radius 1 is 1.59 bits per heavy atom. The molecular formula is C11H13N3O2S. The lowest BCUT2D eigenvalue weighted by atomic mass is 10.2. The third-order valence-electron chi connectivity index (χ3n) is 2.43.